The number of tetrazole rings is 1. The lowest BCUT2D eigenvalue weighted by Crippen LogP contribution is -2.12. The Morgan fingerprint density at radius 2 is 1.96 bits per heavy atom. The quantitative estimate of drug-likeness (QED) is 0.504. The summed E-state index contributed by atoms with van der Waals surface area (Å²) in [6, 6.07) is 7.50. The molecule has 0 atom stereocenters. The summed E-state index contributed by atoms with van der Waals surface area (Å²) in [5.74, 6) is 8.85. The van der Waals surface area contributed by atoms with Gasteiger partial charge in [0.1, 0.15) is 5.75 Å². The SMILES string of the molecule is CCCn1nnnc1CSc1nnc(-c2ccc(OC)cc2)n1N. The van der Waals surface area contributed by atoms with Gasteiger partial charge in [0.15, 0.2) is 11.6 Å². The number of hydrogen-bond donors (Lipinski definition) is 1. The fourth-order valence-electron chi connectivity index (χ4n) is 2.15. The molecule has 0 aliphatic heterocycles. The minimum atomic E-state index is 0.574. The van der Waals surface area contributed by atoms with Crippen LogP contribution < -0.4 is 10.6 Å². The van der Waals surface area contributed by atoms with Crippen molar-refractivity contribution >= 4 is 11.8 Å². The molecule has 0 aliphatic carbocycles. The van der Waals surface area contributed by atoms with Crippen LogP contribution in [-0.2, 0) is 12.3 Å². The van der Waals surface area contributed by atoms with E-state index in [4.69, 9.17) is 10.6 Å². The second kappa shape index (κ2) is 7.30. The molecule has 1 aromatic carbocycles. The summed E-state index contributed by atoms with van der Waals surface area (Å²) in [4.78, 5) is 0. The van der Waals surface area contributed by atoms with Crippen LogP contribution in [0.3, 0.4) is 0 Å². The van der Waals surface area contributed by atoms with Gasteiger partial charge in [0, 0.05) is 12.1 Å². The van der Waals surface area contributed by atoms with E-state index in [2.05, 4.69) is 32.6 Å². The summed E-state index contributed by atoms with van der Waals surface area (Å²) in [5, 5.41) is 20.6. The van der Waals surface area contributed by atoms with Crippen molar-refractivity contribution in [3.63, 3.8) is 0 Å². The third kappa shape index (κ3) is 3.32. The second-order valence-corrected chi connectivity index (χ2v) is 5.95. The van der Waals surface area contributed by atoms with Crippen LogP contribution in [0.2, 0.25) is 0 Å². The standard InChI is InChI=1S/C14H18N8OS/c1-3-8-21-12(16-19-20-21)9-24-14-18-17-13(22(14)15)10-4-6-11(23-2)7-5-10/h4-7H,3,8-9,15H2,1-2H3. The topological polar surface area (TPSA) is 110 Å². The second-order valence-electron chi connectivity index (χ2n) is 5.01. The van der Waals surface area contributed by atoms with Crippen molar-refractivity contribution < 1.29 is 4.74 Å². The molecule has 3 aromatic rings. The number of nitrogen functional groups attached to an aromatic ring is 1. The summed E-state index contributed by atoms with van der Waals surface area (Å²) in [5.41, 5.74) is 0.869. The number of nitrogens with zero attached hydrogens (tertiary/aromatic N) is 7. The zero-order chi connectivity index (χ0) is 16.9. The van der Waals surface area contributed by atoms with Crippen LogP contribution in [0.15, 0.2) is 29.4 Å². The Kier molecular flexibility index (Phi) is 4.94. The third-order valence-electron chi connectivity index (χ3n) is 3.38. The molecule has 2 aromatic heterocycles. The summed E-state index contributed by atoms with van der Waals surface area (Å²) >= 11 is 1.44. The van der Waals surface area contributed by atoms with Gasteiger partial charge in [-0.1, -0.05) is 18.7 Å². The van der Waals surface area contributed by atoms with E-state index in [1.807, 2.05) is 24.3 Å². The van der Waals surface area contributed by atoms with Gasteiger partial charge in [-0.25, -0.2) is 9.36 Å². The Labute approximate surface area is 143 Å². The number of rotatable bonds is 7. The van der Waals surface area contributed by atoms with E-state index in [0.29, 0.717) is 16.7 Å². The fourth-order valence-corrected chi connectivity index (χ4v) is 2.94. The Balaban J connectivity index is 1.73. The van der Waals surface area contributed by atoms with E-state index < -0.39 is 0 Å². The van der Waals surface area contributed by atoms with Crippen LogP contribution in [0.25, 0.3) is 11.4 Å². The Hall–Kier alpha value is -2.62. The number of benzene rings is 1. The van der Waals surface area contributed by atoms with Gasteiger partial charge in [0.2, 0.25) is 5.16 Å². The lowest BCUT2D eigenvalue weighted by atomic mass is 10.2. The minimum Gasteiger partial charge on any atom is -0.497 e. The molecule has 0 saturated carbocycles. The van der Waals surface area contributed by atoms with Gasteiger partial charge in [-0.2, -0.15) is 0 Å². The highest BCUT2D eigenvalue weighted by Gasteiger charge is 2.14. The van der Waals surface area contributed by atoms with Crippen LogP contribution in [0.5, 0.6) is 5.75 Å². The third-order valence-corrected chi connectivity index (χ3v) is 4.32. The van der Waals surface area contributed by atoms with Gasteiger partial charge in [0.25, 0.3) is 0 Å². The van der Waals surface area contributed by atoms with Crippen molar-refractivity contribution in [2.24, 2.45) is 0 Å². The molecule has 0 radical (unpaired) electrons. The normalized spacial score (nSPS) is 10.9. The highest BCUT2D eigenvalue weighted by molar-refractivity contribution is 7.98. The molecule has 2 N–H and O–H groups in total. The molecule has 0 aliphatic rings. The fraction of sp³-hybridized carbons (Fsp3) is 0.357. The predicted octanol–water partition coefficient (Wildman–Crippen LogP) is 1.36. The molecule has 126 valence electrons. The maximum atomic E-state index is 6.12. The molecule has 0 fully saturated rings. The van der Waals surface area contributed by atoms with Gasteiger partial charge < -0.3 is 10.6 Å². The lowest BCUT2D eigenvalue weighted by Gasteiger charge is -2.05. The average Bonchev–Trinajstić information content (AvgIpc) is 3.20. The van der Waals surface area contributed by atoms with Gasteiger partial charge >= 0.3 is 0 Å². The van der Waals surface area contributed by atoms with E-state index in [1.165, 1.54) is 16.4 Å². The minimum absolute atomic E-state index is 0.574. The van der Waals surface area contributed by atoms with E-state index in [-0.39, 0.29) is 0 Å². The van der Waals surface area contributed by atoms with Gasteiger partial charge in [-0.15, -0.1) is 15.3 Å². The number of methoxy groups -OCH3 is 1. The highest BCUT2D eigenvalue weighted by Crippen LogP contribution is 2.25. The number of ether oxygens (including phenoxy) is 1. The highest BCUT2D eigenvalue weighted by atomic mass is 32.2. The summed E-state index contributed by atoms with van der Waals surface area (Å²) in [7, 11) is 1.63. The smallest absolute Gasteiger partial charge is 0.210 e. The first kappa shape index (κ1) is 16.2. The summed E-state index contributed by atoms with van der Waals surface area (Å²) < 4.78 is 8.41. The summed E-state index contributed by atoms with van der Waals surface area (Å²) in [6.45, 7) is 2.87. The molecule has 10 heteroatoms. The maximum Gasteiger partial charge on any atom is 0.210 e. The van der Waals surface area contributed by atoms with Crippen molar-refractivity contribution in [1.82, 2.24) is 35.1 Å². The van der Waals surface area contributed by atoms with Crippen LogP contribution in [0.4, 0.5) is 0 Å². The molecule has 0 unspecified atom stereocenters. The monoisotopic (exact) mass is 346 g/mol. The number of hydrogen-bond acceptors (Lipinski definition) is 8. The first-order chi connectivity index (χ1) is 11.7. The molecule has 0 amide bonds. The first-order valence-corrected chi connectivity index (χ1v) is 8.44. The van der Waals surface area contributed by atoms with Crippen molar-refractivity contribution in [2.75, 3.05) is 13.0 Å². The molecule has 0 saturated heterocycles. The lowest BCUT2D eigenvalue weighted by molar-refractivity contribution is 0.415. The van der Waals surface area contributed by atoms with Crippen LogP contribution in [0.1, 0.15) is 19.2 Å². The first-order valence-electron chi connectivity index (χ1n) is 7.45. The Morgan fingerprint density at radius 3 is 2.67 bits per heavy atom. The molecule has 0 spiro atoms. The van der Waals surface area contributed by atoms with Crippen LogP contribution >= 0.6 is 11.8 Å². The average molecular weight is 346 g/mol. The van der Waals surface area contributed by atoms with Crippen molar-refractivity contribution in [2.45, 2.75) is 30.8 Å². The molecule has 0 bridgehead atoms. The molecular weight excluding hydrogens is 328 g/mol. The number of aromatic nitrogens is 7. The predicted molar refractivity (Wildman–Crippen MR) is 89.8 cm³/mol. The van der Waals surface area contributed by atoms with Crippen LogP contribution in [-0.4, -0.2) is 42.2 Å². The molecule has 9 nitrogen and oxygen atoms in total. The van der Waals surface area contributed by atoms with E-state index in [9.17, 15) is 0 Å². The van der Waals surface area contributed by atoms with Crippen molar-refractivity contribution in [3.05, 3.63) is 30.1 Å². The Bertz CT molecular complexity index is 797. The Morgan fingerprint density at radius 1 is 1.17 bits per heavy atom. The molecule has 2 heterocycles. The zero-order valence-electron chi connectivity index (χ0n) is 13.5. The molecule has 3 rings (SSSR count). The van der Waals surface area contributed by atoms with Gasteiger partial charge in [-0.3, -0.25) is 0 Å². The number of thioether (sulfide) groups is 1. The van der Waals surface area contributed by atoms with Gasteiger partial charge in [0.05, 0.1) is 12.9 Å². The van der Waals surface area contributed by atoms with Crippen molar-refractivity contribution in [1.29, 1.82) is 0 Å². The van der Waals surface area contributed by atoms with E-state index in [1.54, 1.807) is 11.8 Å². The number of nitrogens with two attached hydrogens (primary N) is 1. The maximum absolute atomic E-state index is 6.12. The van der Waals surface area contributed by atoms with Crippen LogP contribution in [0, 0.1) is 0 Å². The van der Waals surface area contributed by atoms with Crippen molar-refractivity contribution in [3.8, 4) is 17.1 Å². The zero-order valence-corrected chi connectivity index (χ0v) is 14.3. The summed E-state index contributed by atoms with van der Waals surface area (Å²) in [6.07, 6.45) is 0.970. The number of aryl methyl sites for hydroxylation is 1. The molecular formula is C14H18N8OS. The largest absolute Gasteiger partial charge is 0.497 e. The van der Waals surface area contributed by atoms with E-state index >= 15 is 0 Å². The van der Waals surface area contributed by atoms with Gasteiger partial charge in [-0.05, 0) is 41.1 Å². The van der Waals surface area contributed by atoms with E-state index in [0.717, 1.165) is 30.1 Å². The molecule has 24 heavy (non-hydrogen) atoms.